The van der Waals surface area contributed by atoms with Crippen molar-refractivity contribution in [2.24, 2.45) is 0 Å². The molecule has 1 aromatic carbocycles. The molecule has 0 bridgehead atoms. The van der Waals surface area contributed by atoms with E-state index in [2.05, 4.69) is 0 Å². The molecule has 84 valence electrons. The van der Waals surface area contributed by atoms with Crippen LogP contribution in [0.3, 0.4) is 0 Å². The van der Waals surface area contributed by atoms with E-state index < -0.39 is 0 Å². The minimum absolute atomic E-state index is 0.0422. The van der Waals surface area contributed by atoms with Crippen LogP contribution in [0.4, 0.5) is 0 Å². The Morgan fingerprint density at radius 2 is 2.38 bits per heavy atom. The van der Waals surface area contributed by atoms with E-state index in [4.69, 9.17) is 4.74 Å². The van der Waals surface area contributed by atoms with Gasteiger partial charge in [0.05, 0.1) is 12.2 Å². The maximum atomic E-state index is 11.9. The van der Waals surface area contributed by atoms with Gasteiger partial charge in [-0.3, -0.25) is 4.79 Å². The van der Waals surface area contributed by atoms with E-state index in [9.17, 15) is 4.79 Å². The zero-order valence-corrected chi connectivity index (χ0v) is 9.53. The maximum Gasteiger partial charge on any atom is 0.189 e. The second-order valence-corrected chi connectivity index (χ2v) is 3.92. The van der Waals surface area contributed by atoms with Gasteiger partial charge in [-0.15, -0.1) is 0 Å². The number of fused-ring (bicyclic) bond motifs is 1. The number of rotatable bonds is 3. The fraction of sp³-hybridized carbons (Fsp3) is 0.357. The Kier molecular flexibility index (Phi) is 3.40. The first kappa shape index (κ1) is 10.9. The number of hydrogen-bond acceptors (Lipinski definition) is 2. The fourth-order valence-electron chi connectivity index (χ4n) is 1.90. The Balaban J connectivity index is 2.33. The molecule has 0 aliphatic carbocycles. The van der Waals surface area contributed by atoms with Crippen molar-refractivity contribution >= 4 is 5.78 Å². The molecule has 1 heterocycles. The van der Waals surface area contributed by atoms with E-state index in [1.807, 2.05) is 31.2 Å². The molecule has 2 heteroatoms. The van der Waals surface area contributed by atoms with Crippen LogP contribution in [0.15, 0.2) is 30.4 Å². The van der Waals surface area contributed by atoms with E-state index in [0.717, 1.165) is 37.2 Å². The van der Waals surface area contributed by atoms with Crippen molar-refractivity contribution < 1.29 is 9.53 Å². The van der Waals surface area contributed by atoms with Gasteiger partial charge in [0, 0.05) is 0 Å². The molecule has 0 unspecified atom stereocenters. The number of hydrogen-bond donors (Lipinski definition) is 0. The lowest BCUT2D eigenvalue weighted by molar-refractivity contribution is 0.104. The fourth-order valence-corrected chi connectivity index (χ4v) is 1.90. The van der Waals surface area contributed by atoms with Crippen molar-refractivity contribution in [2.45, 2.75) is 26.2 Å². The Bertz CT molecular complexity index is 419. The van der Waals surface area contributed by atoms with E-state index in [0.29, 0.717) is 5.56 Å². The molecular weight excluding hydrogens is 200 g/mol. The first-order valence-electron chi connectivity index (χ1n) is 5.78. The predicted octanol–water partition coefficient (Wildman–Crippen LogP) is 3.16. The highest BCUT2D eigenvalue weighted by atomic mass is 16.5. The van der Waals surface area contributed by atoms with Crippen LogP contribution in [0.5, 0.6) is 5.75 Å². The molecule has 0 spiro atoms. The average molecular weight is 216 g/mol. The number of ketones is 1. The molecule has 0 atom stereocenters. The van der Waals surface area contributed by atoms with Gasteiger partial charge in [-0.05, 0) is 37.0 Å². The molecule has 0 fully saturated rings. The number of benzene rings is 1. The quantitative estimate of drug-likeness (QED) is 0.573. The van der Waals surface area contributed by atoms with Crippen LogP contribution >= 0.6 is 0 Å². The molecule has 0 radical (unpaired) electrons. The van der Waals surface area contributed by atoms with Crippen molar-refractivity contribution in [1.82, 2.24) is 0 Å². The summed E-state index contributed by atoms with van der Waals surface area (Å²) in [6.07, 6.45) is 6.43. The van der Waals surface area contributed by atoms with Crippen molar-refractivity contribution in [3.63, 3.8) is 0 Å². The van der Waals surface area contributed by atoms with Gasteiger partial charge in [-0.25, -0.2) is 0 Å². The van der Waals surface area contributed by atoms with Gasteiger partial charge in [0.1, 0.15) is 5.75 Å². The highest BCUT2D eigenvalue weighted by Gasteiger charge is 2.17. The minimum atomic E-state index is 0.0422. The highest BCUT2D eigenvalue weighted by Crippen LogP contribution is 2.29. The third-order valence-corrected chi connectivity index (χ3v) is 2.70. The summed E-state index contributed by atoms with van der Waals surface area (Å²) >= 11 is 0. The molecule has 2 rings (SSSR count). The third-order valence-electron chi connectivity index (χ3n) is 2.70. The Hall–Kier alpha value is -1.57. The van der Waals surface area contributed by atoms with Crippen molar-refractivity contribution in [3.05, 3.63) is 41.5 Å². The number of para-hydroxylation sites is 1. The van der Waals surface area contributed by atoms with Gasteiger partial charge in [-0.2, -0.15) is 0 Å². The molecule has 0 aromatic heterocycles. The lowest BCUT2D eigenvalue weighted by Crippen LogP contribution is -2.12. The lowest BCUT2D eigenvalue weighted by atomic mass is 10.00. The van der Waals surface area contributed by atoms with Crippen LogP contribution < -0.4 is 4.74 Å². The van der Waals surface area contributed by atoms with Crippen LogP contribution in [0.1, 0.15) is 35.7 Å². The zero-order valence-electron chi connectivity index (χ0n) is 9.53. The Morgan fingerprint density at radius 1 is 1.50 bits per heavy atom. The third kappa shape index (κ3) is 2.16. The monoisotopic (exact) mass is 216 g/mol. The largest absolute Gasteiger partial charge is 0.493 e. The summed E-state index contributed by atoms with van der Waals surface area (Å²) in [6, 6.07) is 5.81. The predicted molar refractivity (Wildman–Crippen MR) is 64.0 cm³/mol. The van der Waals surface area contributed by atoms with Crippen LogP contribution in [0, 0.1) is 0 Å². The van der Waals surface area contributed by atoms with Gasteiger partial charge in [-0.1, -0.05) is 25.1 Å². The Morgan fingerprint density at radius 3 is 3.19 bits per heavy atom. The molecule has 0 N–H and O–H groups in total. The SMILES string of the molecule is CC/C=C/C(=O)c1cccc2c1OCCC2. The molecule has 0 saturated heterocycles. The second-order valence-electron chi connectivity index (χ2n) is 3.92. The average Bonchev–Trinajstić information content (AvgIpc) is 2.35. The number of carbonyl (C=O) groups is 1. The van der Waals surface area contributed by atoms with E-state index in [-0.39, 0.29) is 5.78 Å². The van der Waals surface area contributed by atoms with Crippen LogP contribution in [0.2, 0.25) is 0 Å². The van der Waals surface area contributed by atoms with Gasteiger partial charge in [0.25, 0.3) is 0 Å². The van der Waals surface area contributed by atoms with E-state index >= 15 is 0 Å². The molecule has 0 saturated carbocycles. The van der Waals surface area contributed by atoms with Crippen LogP contribution in [0.25, 0.3) is 0 Å². The molecular formula is C14H16O2. The highest BCUT2D eigenvalue weighted by molar-refractivity contribution is 6.06. The number of aryl methyl sites for hydroxylation is 1. The van der Waals surface area contributed by atoms with Crippen molar-refractivity contribution in [1.29, 1.82) is 0 Å². The summed E-state index contributed by atoms with van der Waals surface area (Å²) in [5.74, 6) is 0.833. The van der Waals surface area contributed by atoms with Crippen LogP contribution in [-0.4, -0.2) is 12.4 Å². The minimum Gasteiger partial charge on any atom is -0.493 e. The van der Waals surface area contributed by atoms with E-state index in [1.54, 1.807) is 6.08 Å². The van der Waals surface area contributed by atoms with Gasteiger partial charge in [0.2, 0.25) is 0 Å². The number of carbonyl (C=O) groups excluding carboxylic acids is 1. The number of ether oxygens (including phenoxy) is 1. The second kappa shape index (κ2) is 4.97. The molecule has 1 aliphatic rings. The summed E-state index contributed by atoms with van der Waals surface area (Å²) in [6.45, 7) is 2.73. The molecule has 16 heavy (non-hydrogen) atoms. The summed E-state index contributed by atoms with van der Waals surface area (Å²) < 4.78 is 5.60. The molecule has 0 amide bonds. The smallest absolute Gasteiger partial charge is 0.189 e. The van der Waals surface area contributed by atoms with Crippen LogP contribution in [-0.2, 0) is 6.42 Å². The first-order valence-corrected chi connectivity index (χ1v) is 5.78. The van der Waals surface area contributed by atoms with Gasteiger partial charge >= 0.3 is 0 Å². The molecule has 2 nitrogen and oxygen atoms in total. The van der Waals surface area contributed by atoms with Gasteiger partial charge in [0.15, 0.2) is 5.78 Å². The van der Waals surface area contributed by atoms with E-state index in [1.165, 1.54) is 0 Å². The molecule has 1 aromatic rings. The van der Waals surface area contributed by atoms with Gasteiger partial charge < -0.3 is 4.74 Å². The van der Waals surface area contributed by atoms with Crippen molar-refractivity contribution in [2.75, 3.05) is 6.61 Å². The maximum absolute atomic E-state index is 11.9. The Labute approximate surface area is 95.9 Å². The normalized spacial score (nSPS) is 14.6. The number of allylic oxidation sites excluding steroid dienone is 2. The summed E-state index contributed by atoms with van der Waals surface area (Å²) in [5.41, 5.74) is 1.85. The summed E-state index contributed by atoms with van der Waals surface area (Å²) in [5, 5.41) is 0. The topological polar surface area (TPSA) is 26.3 Å². The van der Waals surface area contributed by atoms with Crippen molar-refractivity contribution in [3.8, 4) is 5.75 Å². The first-order chi connectivity index (χ1) is 7.83. The summed E-state index contributed by atoms with van der Waals surface area (Å²) in [4.78, 5) is 11.9. The summed E-state index contributed by atoms with van der Waals surface area (Å²) in [7, 11) is 0. The zero-order chi connectivity index (χ0) is 11.4. The molecule has 1 aliphatic heterocycles. The lowest BCUT2D eigenvalue weighted by Gasteiger charge is -2.19. The standard InChI is InChI=1S/C14H16O2/c1-2-3-9-13(15)12-8-4-6-11-7-5-10-16-14(11)12/h3-4,6,8-9H,2,5,7,10H2,1H3/b9-3+.